The van der Waals surface area contributed by atoms with Gasteiger partial charge in [-0.2, -0.15) is 39.5 Å². The van der Waals surface area contributed by atoms with Crippen LogP contribution in [0.4, 0.5) is 50.0 Å². The average molecular weight is 460 g/mol. The second-order valence-electron chi connectivity index (χ2n) is 6.46. The smallest absolute Gasteiger partial charge is 0.416 e. The molecule has 3 N–H and O–H groups in total. The van der Waals surface area contributed by atoms with E-state index in [1.165, 1.54) is 0 Å². The number of nitrogen functional groups attached to an aromatic ring is 1. The molecule has 13 heteroatoms. The van der Waals surface area contributed by atoms with E-state index in [1.807, 2.05) is 0 Å². The van der Waals surface area contributed by atoms with Crippen LogP contribution in [0.15, 0.2) is 36.4 Å². The number of benzene rings is 2. The molecule has 0 radical (unpaired) electrons. The largest absolute Gasteiger partial charge is 0.465 e. The summed E-state index contributed by atoms with van der Waals surface area (Å²) in [6.07, 6.45) is -16.9. The number of anilines is 1. The molecule has 1 amide bonds. The van der Waals surface area contributed by atoms with E-state index in [-0.39, 0.29) is 17.3 Å². The van der Waals surface area contributed by atoms with Crippen LogP contribution in [0.2, 0.25) is 0 Å². The van der Waals surface area contributed by atoms with Gasteiger partial charge < -0.3 is 10.8 Å². The van der Waals surface area contributed by atoms with Gasteiger partial charge in [0.15, 0.2) is 0 Å². The van der Waals surface area contributed by atoms with Gasteiger partial charge in [0.1, 0.15) is 0 Å². The second kappa shape index (κ2) is 8.19. The van der Waals surface area contributed by atoms with Gasteiger partial charge in [0.2, 0.25) is 0 Å². The molecule has 2 aromatic carbocycles. The van der Waals surface area contributed by atoms with Crippen LogP contribution < -0.4 is 5.73 Å². The summed E-state index contributed by atoms with van der Waals surface area (Å²) in [6.45, 7) is -1.76. The highest BCUT2D eigenvalue weighted by molar-refractivity contribution is 5.66. The third-order valence-electron chi connectivity index (χ3n) is 4.12. The molecule has 0 saturated carbocycles. The molecule has 2 rings (SSSR count). The highest BCUT2D eigenvalue weighted by Gasteiger charge is 2.37. The van der Waals surface area contributed by atoms with E-state index in [1.54, 1.807) is 0 Å². The molecule has 2 aromatic rings. The van der Waals surface area contributed by atoms with Crippen molar-refractivity contribution in [3.63, 3.8) is 0 Å². The maximum Gasteiger partial charge on any atom is 0.416 e. The first-order valence-electron chi connectivity index (χ1n) is 8.20. The minimum atomic E-state index is -5.14. The summed E-state index contributed by atoms with van der Waals surface area (Å²) in [7, 11) is 0. The highest BCUT2D eigenvalue weighted by atomic mass is 19.4. The Balaban J connectivity index is 2.44. The average Bonchev–Trinajstić information content (AvgIpc) is 2.60. The van der Waals surface area contributed by atoms with Crippen LogP contribution in [-0.4, -0.2) is 16.1 Å². The molecule has 4 nitrogen and oxygen atoms in total. The molecule has 0 saturated heterocycles. The van der Waals surface area contributed by atoms with E-state index >= 15 is 0 Å². The summed E-state index contributed by atoms with van der Waals surface area (Å²) in [5.74, 6) is 0. The lowest BCUT2D eigenvalue weighted by Gasteiger charge is -2.22. The van der Waals surface area contributed by atoms with Gasteiger partial charge in [0, 0.05) is 12.2 Å². The number of amides is 1. The fourth-order valence-electron chi connectivity index (χ4n) is 2.65. The topological polar surface area (TPSA) is 66.6 Å². The van der Waals surface area contributed by atoms with E-state index < -0.39 is 60.0 Å². The fourth-order valence-corrected chi connectivity index (χ4v) is 2.65. The Morgan fingerprint density at radius 2 is 1.26 bits per heavy atom. The molecular formula is C18H13F9N2O2. The van der Waals surface area contributed by atoms with Crippen molar-refractivity contribution in [3.8, 4) is 0 Å². The molecule has 170 valence electrons. The Hall–Kier alpha value is -3.12. The van der Waals surface area contributed by atoms with Crippen LogP contribution in [0.1, 0.15) is 27.8 Å². The van der Waals surface area contributed by atoms with Crippen LogP contribution in [0, 0.1) is 0 Å². The SMILES string of the molecule is Nc1ccc(C(F)(F)F)cc1CN(Cc1cc(C(F)(F)F)cc(C(F)(F)F)c1)C(=O)O. The van der Waals surface area contributed by atoms with Crippen molar-refractivity contribution in [1.82, 2.24) is 4.90 Å². The van der Waals surface area contributed by atoms with Gasteiger partial charge in [-0.15, -0.1) is 0 Å². The van der Waals surface area contributed by atoms with Gasteiger partial charge >= 0.3 is 24.6 Å². The molecule has 0 atom stereocenters. The molecule has 0 aliphatic carbocycles. The van der Waals surface area contributed by atoms with Crippen molar-refractivity contribution in [3.05, 3.63) is 64.2 Å². The van der Waals surface area contributed by atoms with E-state index in [2.05, 4.69) is 0 Å². The molecule has 0 aliphatic rings. The Bertz CT molecular complexity index is 934. The lowest BCUT2D eigenvalue weighted by molar-refractivity contribution is -0.143. The maximum absolute atomic E-state index is 13.0. The monoisotopic (exact) mass is 460 g/mol. The quantitative estimate of drug-likeness (QED) is 0.434. The zero-order chi connectivity index (χ0) is 23.8. The van der Waals surface area contributed by atoms with Crippen molar-refractivity contribution in [1.29, 1.82) is 0 Å². The summed E-state index contributed by atoms with van der Waals surface area (Å²) >= 11 is 0. The first-order valence-corrected chi connectivity index (χ1v) is 8.20. The normalized spacial score (nSPS) is 12.7. The predicted octanol–water partition coefficient (Wildman–Crippen LogP) is 6.01. The van der Waals surface area contributed by atoms with Crippen molar-refractivity contribution in [2.24, 2.45) is 0 Å². The molecule has 0 unspecified atom stereocenters. The molecule has 0 bridgehead atoms. The summed E-state index contributed by atoms with van der Waals surface area (Å²) in [5, 5.41) is 9.29. The van der Waals surface area contributed by atoms with E-state index in [0.29, 0.717) is 29.2 Å². The molecule has 31 heavy (non-hydrogen) atoms. The number of halogens is 9. The fraction of sp³-hybridized carbons (Fsp3) is 0.278. The zero-order valence-electron chi connectivity index (χ0n) is 15.2. The highest BCUT2D eigenvalue weighted by Crippen LogP contribution is 2.37. The van der Waals surface area contributed by atoms with Gasteiger partial charge in [0.25, 0.3) is 0 Å². The standard InChI is InChI=1S/C18H13F9N2O2/c19-16(20,21)11-1-2-14(28)10(5-11)8-29(15(30)31)7-9-3-12(17(22,23)24)6-13(4-9)18(25,26)27/h1-6H,7-8,28H2,(H,30,31). The number of hydrogen-bond donors (Lipinski definition) is 2. The first kappa shape index (κ1) is 24.2. The van der Waals surface area contributed by atoms with Crippen LogP contribution in [0.3, 0.4) is 0 Å². The van der Waals surface area contributed by atoms with Gasteiger partial charge in [-0.1, -0.05) is 0 Å². The lowest BCUT2D eigenvalue weighted by atomic mass is 10.0. The van der Waals surface area contributed by atoms with Crippen LogP contribution in [0.25, 0.3) is 0 Å². The summed E-state index contributed by atoms with van der Waals surface area (Å²) < 4.78 is 116. The third-order valence-corrected chi connectivity index (χ3v) is 4.12. The number of rotatable bonds is 4. The van der Waals surface area contributed by atoms with Crippen molar-refractivity contribution < 1.29 is 49.4 Å². The van der Waals surface area contributed by atoms with Gasteiger partial charge in [-0.05, 0) is 47.5 Å². The molecule has 0 heterocycles. The minimum absolute atomic E-state index is 0.126. The molecule has 0 aliphatic heterocycles. The van der Waals surface area contributed by atoms with E-state index in [4.69, 9.17) is 5.73 Å². The third kappa shape index (κ3) is 6.18. The van der Waals surface area contributed by atoms with E-state index in [0.717, 1.165) is 6.07 Å². The molecule has 0 spiro atoms. The number of carboxylic acid groups (broad SMARTS) is 1. The minimum Gasteiger partial charge on any atom is -0.465 e. The summed E-state index contributed by atoms with van der Waals surface area (Å²) in [6, 6.07) is 2.61. The number of nitrogens with two attached hydrogens (primary N) is 1. The van der Waals surface area contributed by atoms with Crippen molar-refractivity contribution >= 4 is 11.8 Å². The Kier molecular flexibility index (Phi) is 6.38. The van der Waals surface area contributed by atoms with Gasteiger partial charge in [-0.3, -0.25) is 4.90 Å². The van der Waals surface area contributed by atoms with Gasteiger partial charge in [-0.25, -0.2) is 4.79 Å². The van der Waals surface area contributed by atoms with E-state index in [9.17, 15) is 49.4 Å². The maximum atomic E-state index is 13.0. The second-order valence-corrected chi connectivity index (χ2v) is 6.46. The number of hydrogen-bond acceptors (Lipinski definition) is 2. The number of nitrogens with zero attached hydrogens (tertiary/aromatic N) is 1. The molecule has 0 fully saturated rings. The van der Waals surface area contributed by atoms with Crippen LogP contribution in [-0.2, 0) is 31.6 Å². The lowest BCUT2D eigenvalue weighted by Crippen LogP contribution is -2.29. The first-order chi connectivity index (χ1) is 14.0. The van der Waals surface area contributed by atoms with Crippen molar-refractivity contribution in [2.45, 2.75) is 31.6 Å². The Morgan fingerprint density at radius 3 is 1.68 bits per heavy atom. The molecule has 0 aromatic heterocycles. The Labute approximate surface area is 168 Å². The molecular weight excluding hydrogens is 447 g/mol. The number of alkyl halides is 9. The number of carbonyl (C=O) groups is 1. The zero-order valence-corrected chi connectivity index (χ0v) is 15.2. The summed E-state index contributed by atoms with van der Waals surface area (Å²) in [4.78, 5) is 11.8. The van der Waals surface area contributed by atoms with Crippen LogP contribution in [0.5, 0.6) is 0 Å². The van der Waals surface area contributed by atoms with Gasteiger partial charge in [0.05, 0.1) is 23.2 Å². The Morgan fingerprint density at radius 1 is 0.774 bits per heavy atom. The predicted molar refractivity (Wildman–Crippen MR) is 89.6 cm³/mol. The van der Waals surface area contributed by atoms with Crippen LogP contribution >= 0.6 is 0 Å². The van der Waals surface area contributed by atoms with Crippen molar-refractivity contribution in [2.75, 3.05) is 5.73 Å². The summed E-state index contributed by atoms with van der Waals surface area (Å²) in [5.41, 5.74) is -0.116.